The van der Waals surface area contributed by atoms with Crippen LogP contribution < -0.4 is 4.74 Å². The van der Waals surface area contributed by atoms with Crippen molar-refractivity contribution in [2.45, 2.75) is 6.92 Å². The molecule has 0 atom stereocenters. The molecule has 0 unspecified atom stereocenters. The van der Waals surface area contributed by atoms with Gasteiger partial charge in [-0.25, -0.2) is 4.79 Å². The Bertz CT molecular complexity index is 563. The SMILES string of the molecule is Cc1cccc(C(=O)O)c1Oc1ncn(C)n1. The first-order chi connectivity index (χ1) is 8.08. The summed E-state index contributed by atoms with van der Waals surface area (Å²) in [5.41, 5.74) is 0.815. The molecule has 0 aliphatic rings. The second-order valence-electron chi connectivity index (χ2n) is 3.56. The van der Waals surface area contributed by atoms with Crippen molar-refractivity contribution in [3.8, 4) is 11.8 Å². The lowest BCUT2D eigenvalue weighted by Gasteiger charge is -2.08. The number of carboxylic acids is 1. The molecular formula is C11H11N3O3. The number of aromatic nitrogens is 3. The molecule has 6 nitrogen and oxygen atoms in total. The zero-order valence-corrected chi connectivity index (χ0v) is 9.41. The monoisotopic (exact) mass is 233 g/mol. The number of benzene rings is 1. The Labute approximate surface area is 97.5 Å². The van der Waals surface area contributed by atoms with Gasteiger partial charge in [-0.1, -0.05) is 12.1 Å². The Morgan fingerprint density at radius 3 is 2.82 bits per heavy atom. The summed E-state index contributed by atoms with van der Waals surface area (Å²) in [7, 11) is 1.70. The minimum atomic E-state index is -1.04. The quantitative estimate of drug-likeness (QED) is 0.871. The highest BCUT2D eigenvalue weighted by molar-refractivity contribution is 5.91. The highest BCUT2D eigenvalue weighted by Gasteiger charge is 2.15. The second-order valence-corrected chi connectivity index (χ2v) is 3.56. The molecule has 0 radical (unpaired) electrons. The standard InChI is InChI=1S/C11H11N3O3/c1-7-4-3-5-8(10(15)16)9(7)17-11-12-6-14(2)13-11/h3-6H,1-2H3,(H,15,16). The van der Waals surface area contributed by atoms with Gasteiger partial charge < -0.3 is 9.84 Å². The van der Waals surface area contributed by atoms with Crippen LogP contribution in [0.15, 0.2) is 24.5 Å². The summed E-state index contributed by atoms with van der Waals surface area (Å²) in [4.78, 5) is 14.9. The highest BCUT2D eigenvalue weighted by atomic mass is 16.5. The molecule has 0 amide bonds. The molecule has 0 saturated carbocycles. The first kappa shape index (κ1) is 11.1. The molecule has 1 N–H and O–H groups in total. The van der Waals surface area contributed by atoms with Gasteiger partial charge in [0.15, 0.2) is 0 Å². The molecular weight excluding hydrogens is 222 g/mol. The van der Waals surface area contributed by atoms with Crippen LogP contribution in [0.1, 0.15) is 15.9 Å². The molecule has 17 heavy (non-hydrogen) atoms. The molecule has 0 bridgehead atoms. The Morgan fingerprint density at radius 2 is 2.24 bits per heavy atom. The number of hydrogen-bond donors (Lipinski definition) is 1. The molecule has 0 aliphatic heterocycles. The number of carbonyl (C=O) groups is 1. The lowest BCUT2D eigenvalue weighted by Crippen LogP contribution is -2.02. The molecule has 2 rings (SSSR count). The number of hydrogen-bond acceptors (Lipinski definition) is 4. The molecule has 1 aromatic heterocycles. The number of aromatic carboxylic acids is 1. The molecule has 88 valence electrons. The van der Waals surface area contributed by atoms with E-state index in [2.05, 4.69) is 10.1 Å². The summed E-state index contributed by atoms with van der Waals surface area (Å²) in [6, 6.07) is 5.04. The molecule has 1 aromatic carbocycles. The van der Waals surface area contributed by atoms with Crippen LogP contribution in [-0.2, 0) is 7.05 Å². The number of para-hydroxylation sites is 1. The van der Waals surface area contributed by atoms with E-state index in [0.29, 0.717) is 0 Å². The van der Waals surface area contributed by atoms with E-state index < -0.39 is 5.97 Å². The van der Waals surface area contributed by atoms with Crippen LogP contribution >= 0.6 is 0 Å². The maximum atomic E-state index is 11.0. The zero-order chi connectivity index (χ0) is 12.4. The summed E-state index contributed by atoms with van der Waals surface area (Å²) < 4.78 is 6.88. The van der Waals surface area contributed by atoms with Gasteiger partial charge in [-0.2, -0.15) is 4.98 Å². The van der Waals surface area contributed by atoms with Gasteiger partial charge in [0.25, 0.3) is 0 Å². The van der Waals surface area contributed by atoms with Crippen molar-refractivity contribution in [1.82, 2.24) is 14.8 Å². The van der Waals surface area contributed by atoms with E-state index in [1.165, 1.54) is 17.1 Å². The van der Waals surface area contributed by atoms with Gasteiger partial charge >= 0.3 is 12.0 Å². The van der Waals surface area contributed by atoms with Crippen molar-refractivity contribution in [3.63, 3.8) is 0 Å². The van der Waals surface area contributed by atoms with E-state index in [4.69, 9.17) is 9.84 Å². The fourth-order valence-corrected chi connectivity index (χ4v) is 1.41. The molecule has 2 aromatic rings. The van der Waals surface area contributed by atoms with E-state index in [0.717, 1.165) is 5.56 Å². The zero-order valence-electron chi connectivity index (χ0n) is 9.41. The summed E-state index contributed by atoms with van der Waals surface area (Å²) in [6.45, 7) is 1.77. The third kappa shape index (κ3) is 2.25. The van der Waals surface area contributed by atoms with Gasteiger partial charge in [0.1, 0.15) is 17.6 Å². The first-order valence-electron chi connectivity index (χ1n) is 4.94. The Balaban J connectivity index is 2.40. The topological polar surface area (TPSA) is 77.2 Å². The van der Waals surface area contributed by atoms with Gasteiger partial charge in [-0.3, -0.25) is 4.68 Å². The van der Waals surface area contributed by atoms with Crippen LogP contribution in [0.25, 0.3) is 0 Å². The molecule has 0 saturated heterocycles. The number of aryl methyl sites for hydroxylation is 2. The molecule has 0 spiro atoms. The normalized spacial score (nSPS) is 10.2. The van der Waals surface area contributed by atoms with Crippen LogP contribution in [0.5, 0.6) is 11.8 Å². The van der Waals surface area contributed by atoms with Crippen molar-refractivity contribution in [2.24, 2.45) is 7.05 Å². The van der Waals surface area contributed by atoms with E-state index in [9.17, 15) is 4.79 Å². The van der Waals surface area contributed by atoms with Crippen molar-refractivity contribution in [2.75, 3.05) is 0 Å². The van der Waals surface area contributed by atoms with Crippen LogP contribution in [0, 0.1) is 6.92 Å². The Hall–Kier alpha value is -2.37. The van der Waals surface area contributed by atoms with Gasteiger partial charge in [0, 0.05) is 7.05 Å². The minimum Gasteiger partial charge on any atom is -0.478 e. The van der Waals surface area contributed by atoms with Crippen LogP contribution in [0.4, 0.5) is 0 Å². The highest BCUT2D eigenvalue weighted by Crippen LogP contribution is 2.26. The largest absolute Gasteiger partial charge is 0.478 e. The molecule has 0 fully saturated rings. The van der Waals surface area contributed by atoms with Crippen molar-refractivity contribution in [3.05, 3.63) is 35.7 Å². The van der Waals surface area contributed by atoms with Crippen LogP contribution in [0.3, 0.4) is 0 Å². The molecule has 1 heterocycles. The predicted molar refractivity (Wildman–Crippen MR) is 59.2 cm³/mol. The van der Waals surface area contributed by atoms with Gasteiger partial charge in [-0.05, 0) is 18.6 Å². The van der Waals surface area contributed by atoms with Gasteiger partial charge in [0.05, 0.1) is 0 Å². The molecule has 0 aliphatic carbocycles. The summed E-state index contributed by atoms with van der Waals surface area (Å²) in [5.74, 6) is -0.772. The van der Waals surface area contributed by atoms with E-state index in [1.54, 1.807) is 26.1 Å². The third-order valence-electron chi connectivity index (χ3n) is 2.21. The lowest BCUT2D eigenvalue weighted by molar-refractivity contribution is 0.0694. The summed E-state index contributed by atoms with van der Waals surface area (Å²) >= 11 is 0. The summed E-state index contributed by atoms with van der Waals surface area (Å²) in [6.07, 6.45) is 1.48. The van der Waals surface area contributed by atoms with Crippen LogP contribution in [0.2, 0.25) is 0 Å². The van der Waals surface area contributed by atoms with E-state index >= 15 is 0 Å². The van der Waals surface area contributed by atoms with Crippen molar-refractivity contribution < 1.29 is 14.6 Å². The van der Waals surface area contributed by atoms with Gasteiger partial charge in [0.2, 0.25) is 0 Å². The van der Waals surface area contributed by atoms with E-state index in [1.807, 2.05) is 0 Å². The maximum Gasteiger partial charge on any atom is 0.341 e. The Morgan fingerprint density at radius 1 is 1.47 bits per heavy atom. The third-order valence-corrected chi connectivity index (χ3v) is 2.21. The smallest absolute Gasteiger partial charge is 0.341 e. The number of nitrogens with zero attached hydrogens (tertiary/aromatic N) is 3. The van der Waals surface area contributed by atoms with Gasteiger partial charge in [-0.15, -0.1) is 5.10 Å². The number of rotatable bonds is 3. The predicted octanol–water partition coefficient (Wildman–Crippen LogP) is 1.61. The average molecular weight is 233 g/mol. The van der Waals surface area contributed by atoms with E-state index in [-0.39, 0.29) is 17.3 Å². The minimum absolute atomic E-state index is 0.0949. The summed E-state index contributed by atoms with van der Waals surface area (Å²) in [5, 5.41) is 13.0. The second kappa shape index (κ2) is 4.25. The maximum absolute atomic E-state index is 11.0. The van der Waals surface area contributed by atoms with Crippen LogP contribution in [-0.4, -0.2) is 25.8 Å². The fourth-order valence-electron chi connectivity index (χ4n) is 1.41. The lowest BCUT2D eigenvalue weighted by atomic mass is 10.1. The number of carboxylic acid groups (broad SMARTS) is 1. The molecule has 6 heteroatoms. The Kier molecular flexibility index (Phi) is 2.78. The van der Waals surface area contributed by atoms with Crippen molar-refractivity contribution >= 4 is 5.97 Å². The van der Waals surface area contributed by atoms with Crippen molar-refractivity contribution in [1.29, 1.82) is 0 Å². The average Bonchev–Trinajstić information content (AvgIpc) is 2.67. The fraction of sp³-hybridized carbons (Fsp3) is 0.182. The number of ether oxygens (including phenoxy) is 1. The first-order valence-corrected chi connectivity index (χ1v) is 4.94.